The van der Waals surface area contributed by atoms with Crippen molar-refractivity contribution in [2.24, 2.45) is 0 Å². The number of nitrogens with one attached hydrogen (secondary N) is 2. The number of rotatable bonds is 6. The van der Waals surface area contributed by atoms with E-state index in [4.69, 9.17) is 0 Å². The van der Waals surface area contributed by atoms with Crippen LogP contribution in [0.5, 0.6) is 0 Å². The van der Waals surface area contributed by atoms with Crippen LogP contribution < -0.4 is 9.62 Å². The van der Waals surface area contributed by atoms with Crippen molar-refractivity contribution in [1.82, 2.24) is 4.72 Å². The number of hydrogen-bond acceptors (Lipinski definition) is 2. The third-order valence-corrected chi connectivity index (χ3v) is 6.73. The minimum atomic E-state index is -3.50. The van der Waals surface area contributed by atoms with E-state index < -0.39 is 10.0 Å². The molecule has 134 valence electrons. The average Bonchev–Trinajstić information content (AvgIpc) is 2.68. The standard InChI is InChI=1S/C20H26N2O2S/c1-20(18-11-5-2-6-12-18,22-15-9-4-10-16-22)17-21-25(23,24)19-13-7-3-8-14-19/h2-3,5-8,11-14,21H,4,9-10,15-17H2,1H3/p+1/t20-/m0/s1. The van der Waals surface area contributed by atoms with Crippen molar-refractivity contribution in [3.8, 4) is 0 Å². The predicted octanol–water partition coefficient (Wildman–Crippen LogP) is 1.95. The van der Waals surface area contributed by atoms with Gasteiger partial charge in [0, 0.05) is 5.56 Å². The minimum absolute atomic E-state index is 0.274. The summed E-state index contributed by atoms with van der Waals surface area (Å²) in [5, 5.41) is 0. The molecule has 0 aliphatic carbocycles. The second kappa shape index (κ2) is 7.68. The number of hydrogen-bond donors (Lipinski definition) is 2. The third-order valence-electron chi connectivity index (χ3n) is 5.32. The van der Waals surface area contributed by atoms with Crippen molar-refractivity contribution >= 4 is 10.0 Å². The molecule has 0 bridgehead atoms. The SMILES string of the molecule is C[C@](CNS(=O)(=O)c1ccccc1)(c1ccccc1)[NH+]1CCCCC1. The zero-order valence-electron chi connectivity index (χ0n) is 14.7. The van der Waals surface area contributed by atoms with Crippen LogP contribution in [0.15, 0.2) is 65.6 Å². The number of piperidine rings is 1. The molecule has 2 aromatic carbocycles. The first kappa shape index (κ1) is 18.1. The highest BCUT2D eigenvalue weighted by Gasteiger charge is 2.39. The highest BCUT2D eigenvalue weighted by Crippen LogP contribution is 2.19. The molecule has 1 aliphatic rings. The lowest BCUT2D eigenvalue weighted by Crippen LogP contribution is -3.20. The van der Waals surface area contributed by atoms with Crippen molar-refractivity contribution in [3.05, 3.63) is 66.2 Å². The molecule has 1 fully saturated rings. The van der Waals surface area contributed by atoms with Gasteiger partial charge in [0.2, 0.25) is 10.0 Å². The van der Waals surface area contributed by atoms with Gasteiger partial charge >= 0.3 is 0 Å². The molecular formula is C20H27N2O2S+. The van der Waals surface area contributed by atoms with E-state index in [2.05, 4.69) is 23.8 Å². The number of benzene rings is 2. The molecule has 0 saturated carbocycles. The maximum Gasteiger partial charge on any atom is 0.240 e. The number of quaternary nitrogens is 1. The van der Waals surface area contributed by atoms with Crippen LogP contribution in [-0.2, 0) is 15.6 Å². The van der Waals surface area contributed by atoms with Gasteiger partial charge in [-0.15, -0.1) is 0 Å². The maximum absolute atomic E-state index is 12.7. The molecule has 25 heavy (non-hydrogen) atoms. The van der Waals surface area contributed by atoms with Crippen LogP contribution in [0, 0.1) is 0 Å². The summed E-state index contributed by atoms with van der Waals surface area (Å²) in [7, 11) is -3.50. The molecule has 0 radical (unpaired) electrons. The Bertz CT molecular complexity index is 772. The van der Waals surface area contributed by atoms with E-state index in [1.807, 2.05) is 24.3 Å². The minimum Gasteiger partial charge on any atom is -0.325 e. The summed E-state index contributed by atoms with van der Waals surface area (Å²) < 4.78 is 28.2. The van der Waals surface area contributed by atoms with Gasteiger partial charge in [0.15, 0.2) is 0 Å². The van der Waals surface area contributed by atoms with Gasteiger partial charge in [-0.05, 0) is 38.3 Å². The molecule has 0 spiro atoms. The summed E-state index contributed by atoms with van der Waals surface area (Å²) in [4.78, 5) is 1.78. The van der Waals surface area contributed by atoms with Gasteiger partial charge in [-0.2, -0.15) is 0 Å². The van der Waals surface area contributed by atoms with Gasteiger partial charge in [-0.25, -0.2) is 13.1 Å². The van der Waals surface area contributed by atoms with E-state index in [1.54, 1.807) is 24.3 Å². The van der Waals surface area contributed by atoms with Gasteiger partial charge in [-0.3, -0.25) is 0 Å². The average molecular weight is 360 g/mol. The van der Waals surface area contributed by atoms with Crippen LogP contribution in [0.2, 0.25) is 0 Å². The molecule has 1 saturated heterocycles. The monoisotopic (exact) mass is 359 g/mol. The zero-order chi connectivity index (χ0) is 17.8. The van der Waals surface area contributed by atoms with Gasteiger partial charge in [-0.1, -0.05) is 48.5 Å². The van der Waals surface area contributed by atoms with Crippen LogP contribution in [0.4, 0.5) is 0 Å². The molecule has 2 N–H and O–H groups in total. The molecule has 2 aromatic rings. The molecule has 4 nitrogen and oxygen atoms in total. The first-order valence-electron chi connectivity index (χ1n) is 8.98. The van der Waals surface area contributed by atoms with Crippen LogP contribution in [0.25, 0.3) is 0 Å². The fraction of sp³-hybridized carbons (Fsp3) is 0.400. The lowest BCUT2D eigenvalue weighted by Gasteiger charge is -2.40. The molecule has 1 atom stereocenters. The first-order valence-corrected chi connectivity index (χ1v) is 10.5. The fourth-order valence-corrected chi connectivity index (χ4v) is 4.85. The Labute approximate surface area is 150 Å². The summed E-state index contributed by atoms with van der Waals surface area (Å²) in [5.41, 5.74) is 0.909. The Morgan fingerprint density at radius 2 is 1.48 bits per heavy atom. The van der Waals surface area contributed by atoms with E-state index in [9.17, 15) is 8.42 Å². The number of sulfonamides is 1. The Kier molecular flexibility index (Phi) is 5.57. The smallest absolute Gasteiger partial charge is 0.240 e. The van der Waals surface area contributed by atoms with Gasteiger partial charge in [0.05, 0.1) is 24.5 Å². The van der Waals surface area contributed by atoms with Crippen molar-refractivity contribution < 1.29 is 13.3 Å². The Morgan fingerprint density at radius 3 is 2.08 bits per heavy atom. The topological polar surface area (TPSA) is 50.6 Å². The Morgan fingerprint density at radius 1 is 0.920 bits per heavy atom. The summed E-state index contributed by atoms with van der Waals surface area (Å²) >= 11 is 0. The Hall–Kier alpha value is -1.69. The van der Waals surface area contributed by atoms with Crippen LogP contribution >= 0.6 is 0 Å². The first-order chi connectivity index (χ1) is 12.0. The van der Waals surface area contributed by atoms with Gasteiger partial charge < -0.3 is 4.90 Å². The second-order valence-electron chi connectivity index (χ2n) is 7.00. The molecule has 3 rings (SSSR count). The van der Waals surface area contributed by atoms with Gasteiger partial charge in [0.25, 0.3) is 0 Å². The van der Waals surface area contributed by atoms with E-state index >= 15 is 0 Å². The highest BCUT2D eigenvalue weighted by molar-refractivity contribution is 7.89. The molecule has 0 aromatic heterocycles. The molecule has 1 aliphatic heterocycles. The summed E-state index contributed by atoms with van der Waals surface area (Å²) in [5.74, 6) is 0. The fourth-order valence-electron chi connectivity index (χ4n) is 3.69. The molecule has 1 heterocycles. The van der Waals surface area contributed by atoms with E-state index in [0.29, 0.717) is 11.4 Å². The summed E-state index contributed by atoms with van der Waals surface area (Å²) in [6, 6.07) is 18.9. The molecule has 5 heteroatoms. The molecule has 0 unspecified atom stereocenters. The van der Waals surface area contributed by atoms with Crippen LogP contribution in [-0.4, -0.2) is 28.1 Å². The lowest BCUT2D eigenvalue weighted by atomic mass is 9.88. The maximum atomic E-state index is 12.7. The van der Waals surface area contributed by atoms with Gasteiger partial charge in [0.1, 0.15) is 5.54 Å². The summed E-state index contributed by atoms with van der Waals surface area (Å²) in [6.45, 7) is 4.73. The van der Waals surface area contributed by atoms with E-state index in [-0.39, 0.29) is 5.54 Å². The predicted molar refractivity (Wildman–Crippen MR) is 100.0 cm³/mol. The van der Waals surface area contributed by atoms with Crippen LogP contribution in [0.1, 0.15) is 31.7 Å². The third kappa shape index (κ3) is 4.11. The quantitative estimate of drug-likeness (QED) is 0.828. The van der Waals surface area contributed by atoms with Crippen LogP contribution in [0.3, 0.4) is 0 Å². The second-order valence-corrected chi connectivity index (χ2v) is 8.77. The van der Waals surface area contributed by atoms with Crippen molar-refractivity contribution in [3.63, 3.8) is 0 Å². The Balaban J connectivity index is 1.85. The largest absolute Gasteiger partial charge is 0.325 e. The summed E-state index contributed by atoms with van der Waals surface area (Å²) in [6.07, 6.45) is 3.66. The van der Waals surface area contributed by atoms with Crippen molar-refractivity contribution in [1.29, 1.82) is 0 Å². The zero-order valence-corrected chi connectivity index (χ0v) is 15.6. The van der Waals surface area contributed by atoms with E-state index in [1.165, 1.54) is 29.7 Å². The molecule has 0 amide bonds. The molecular weight excluding hydrogens is 332 g/mol. The van der Waals surface area contributed by atoms with Crippen molar-refractivity contribution in [2.75, 3.05) is 19.6 Å². The normalized spacial score (nSPS) is 18.6. The highest BCUT2D eigenvalue weighted by atomic mass is 32.2. The van der Waals surface area contributed by atoms with E-state index in [0.717, 1.165) is 13.1 Å². The number of likely N-dealkylation sites (tertiary alicyclic amines) is 1. The lowest BCUT2D eigenvalue weighted by molar-refractivity contribution is -0.961. The van der Waals surface area contributed by atoms with Crippen molar-refractivity contribution in [2.45, 2.75) is 36.6 Å².